The molecule has 1 unspecified atom stereocenters. The van der Waals surface area contributed by atoms with Gasteiger partial charge in [0.2, 0.25) is 0 Å². The summed E-state index contributed by atoms with van der Waals surface area (Å²) in [6, 6.07) is 1.92. The van der Waals surface area contributed by atoms with Crippen molar-refractivity contribution in [2.45, 2.75) is 44.6 Å². The van der Waals surface area contributed by atoms with Crippen LogP contribution in [0.25, 0.3) is 11.3 Å². The van der Waals surface area contributed by atoms with Crippen molar-refractivity contribution in [2.24, 2.45) is 23.7 Å². The first-order chi connectivity index (χ1) is 16.1. The molecular formula is C24H31F3N6O. The molecule has 10 heteroatoms. The summed E-state index contributed by atoms with van der Waals surface area (Å²) in [5.74, 6) is 2.69. The van der Waals surface area contributed by atoms with Crippen molar-refractivity contribution in [1.82, 2.24) is 24.3 Å². The summed E-state index contributed by atoms with van der Waals surface area (Å²) in [7, 11) is 2.18. The van der Waals surface area contributed by atoms with Crippen molar-refractivity contribution in [1.29, 1.82) is 0 Å². The highest BCUT2D eigenvalue weighted by Gasteiger charge is 2.93. The quantitative estimate of drug-likeness (QED) is 0.691. The molecule has 2 N–H and O–H groups in total. The average molecular weight is 477 g/mol. The Bertz CT molecular complexity index is 1100. The largest absolute Gasteiger partial charge is 0.573 e. The smallest absolute Gasteiger partial charge is 0.402 e. The normalized spacial score (nSPS) is 32.8. The third-order valence-electron chi connectivity index (χ3n) is 8.37. The molecule has 1 saturated heterocycles. The molecule has 184 valence electrons. The number of ether oxygens (including phenoxy) is 1. The van der Waals surface area contributed by atoms with E-state index >= 15 is 0 Å². The lowest BCUT2D eigenvalue weighted by Gasteiger charge is -2.36. The number of hydrogen-bond acceptors (Lipinski definition) is 6. The van der Waals surface area contributed by atoms with E-state index in [0.29, 0.717) is 41.0 Å². The average Bonchev–Trinajstić information content (AvgIpc) is 3.32. The van der Waals surface area contributed by atoms with Gasteiger partial charge in [-0.05, 0) is 37.3 Å². The van der Waals surface area contributed by atoms with Gasteiger partial charge in [0, 0.05) is 62.5 Å². The fourth-order valence-electron chi connectivity index (χ4n) is 6.85. The molecule has 0 amide bonds. The van der Waals surface area contributed by atoms with E-state index in [1.54, 1.807) is 0 Å². The third kappa shape index (κ3) is 3.32. The second-order valence-electron chi connectivity index (χ2n) is 10.9. The molecule has 4 saturated carbocycles. The first-order valence-electron chi connectivity index (χ1n) is 12.1. The first-order valence-corrected chi connectivity index (χ1v) is 12.1. The number of likely N-dealkylation sites (N-methyl/N-ethyl adjacent to an activating group) is 1. The summed E-state index contributed by atoms with van der Waals surface area (Å²) >= 11 is 0. The predicted molar refractivity (Wildman–Crippen MR) is 121 cm³/mol. The highest BCUT2D eigenvalue weighted by Crippen LogP contribution is 2.89. The molecule has 0 spiro atoms. The third-order valence-corrected chi connectivity index (χ3v) is 8.37. The first kappa shape index (κ1) is 22.2. The molecule has 3 heterocycles. The van der Waals surface area contributed by atoms with Crippen LogP contribution < -0.4 is 10.5 Å². The van der Waals surface area contributed by atoms with Crippen LogP contribution >= 0.6 is 0 Å². The van der Waals surface area contributed by atoms with Gasteiger partial charge in [-0.2, -0.15) is 0 Å². The Morgan fingerprint density at radius 3 is 2.59 bits per heavy atom. The number of piperazine rings is 1. The summed E-state index contributed by atoms with van der Waals surface area (Å²) in [6.07, 6.45) is 0.729. The monoisotopic (exact) mass is 476 g/mol. The second kappa shape index (κ2) is 7.34. The van der Waals surface area contributed by atoms with Crippen molar-refractivity contribution in [3.05, 3.63) is 24.3 Å². The summed E-state index contributed by atoms with van der Waals surface area (Å²) in [5.41, 5.74) is 6.88. The maximum absolute atomic E-state index is 12.8. The molecule has 7 rings (SSSR count). The number of imidazole rings is 1. The number of aromatic nitrogens is 3. The van der Waals surface area contributed by atoms with Crippen molar-refractivity contribution in [2.75, 3.05) is 39.0 Å². The van der Waals surface area contributed by atoms with Crippen molar-refractivity contribution in [3.63, 3.8) is 0 Å². The number of fused-ring (bicyclic) bond motifs is 1. The number of rotatable bonds is 6. The molecule has 0 radical (unpaired) electrons. The minimum Gasteiger partial charge on any atom is -0.402 e. The Hall–Kier alpha value is -2.33. The molecule has 7 nitrogen and oxygen atoms in total. The lowest BCUT2D eigenvalue weighted by molar-refractivity contribution is -0.274. The predicted octanol–water partition coefficient (Wildman–Crippen LogP) is 3.22. The van der Waals surface area contributed by atoms with Crippen LogP contribution in [-0.2, 0) is 12.0 Å². The molecule has 4 aliphatic carbocycles. The van der Waals surface area contributed by atoms with E-state index in [9.17, 15) is 13.2 Å². The zero-order valence-corrected chi connectivity index (χ0v) is 19.7. The molecule has 2 bridgehead atoms. The topological polar surface area (TPSA) is 72.4 Å². The van der Waals surface area contributed by atoms with E-state index in [2.05, 4.69) is 45.0 Å². The number of hydrogen-bond donors (Lipinski definition) is 1. The molecule has 5 atom stereocenters. The fourth-order valence-corrected chi connectivity index (χ4v) is 6.85. The van der Waals surface area contributed by atoms with E-state index in [4.69, 9.17) is 10.7 Å². The van der Waals surface area contributed by atoms with Gasteiger partial charge in [-0.15, -0.1) is 13.2 Å². The highest BCUT2D eigenvalue weighted by atomic mass is 19.4. The molecule has 2 aromatic heterocycles. The standard InChI is InChI=1S/C24H31F3N6O/c1-13(2)8-19-30-16(14-9-18(22(28)29-11-14)34-24(25,26)27)12-33(19)23-15-10-17(21(23)20(15)23)32-6-4-31(3)5-7-32/h9,11-13,15,17,20-21H,4-8,10H2,1-3H3,(H2,28,29)/t15-,17+,20-,21?,23-/m1/s1. The van der Waals surface area contributed by atoms with E-state index in [1.807, 2.05) is 6.20 Å². The molecule has 34 heavy (non-hydrogen) atoms. The van der Waals surface area contributed by atoms with E-state index in [-0.39, 0.29) is 11.4 Å². The van der Waals surface area contributed by atoms with Crippen LogP contribution in [0.3, 0.4) is 0 Å². The summed E-state index contributed by atoms with van der Waals surface area (Å²) in [6.45, 7) is 8.81. The fraction of sp³-hybridized carbons (Fsp3) is 0.667. The number of anilines is 1. The van der Waals surface area contributed by atoms with Gasteiger partial charge in [-0.3, -0.25) is 4.90 Å². The van der Waals surface area contributed by atoms with Crippen LogP contribution in [0.4, 0.5) is 19.0 Å². The minimum atomic E-state index is -4.83. The van der Waals surface area contributed by atoms with E-state index in [0.717, 1.165) is 38.4 Å². The summed E-state index contributed by atoms with van der Waals surface area (Å²) < 4.78 is 44.9. The van der Waals surface area contributed by atoms with Gasteiger partial charge >= 0.3 is 6.36 Å². The van der Waals surface area contributed by atoms with Crippen molar-refractivity contribution < 1.29 is 17.9 Å². The molecular weight excluding hydrogens is 445 g/mol. The number of nitrogens with two attached hydrogens (primary N) is 1. The zero-order valence-electron chi connectivity index (χ0n) is 19.7. The minimum absolute atomic E-state index is 0.149. The zero-order chi connectivity index (χ0) is 24.0. The Kier molecular flexibility index (Phi) is 4.78. The Morgan fingerprint density at radius 1 is 1.21 bits per heavy atom. The van der Waals surface area contributed by atoms with Gasteiger partial charge in [-0.25, -0.2) is 9.97 Å². The van der Waals surface area contributed by atoms with Crippen LogP contribution in [0.15, 0.2) is 18.5 Å². The Balaban J connectivity index is 1.30. The number of nitrogen functional groups attached to an aromatic ring is 1. The van der Waals surface area contributed by atoms with E-state index < -0.39 is 12.1 Å². The Labute approximate surface area is 197 Å². The van der Waals surface area contributed by atoms with Crippen molar-refractivity contribution in [3.8, 4) is 17.0 Å². The SMILES string of the molecule is CC(C)Cc1nc(-c2cnc(N)c(OC(F)(F)F)c2)cn1[C@]12C3[C@@H](N4CCN(C)CC4)C[C@@H]1[C@H]32. The number of alkyl halides is 3. The van der Waals surface area contributed by atoms with Gasteiger partial charge in [0.25, 0.3) is 0 Å². The van der Waals surface area contributed by atoms with E-state index in [1.165, 1.54) is 18.7 Å². The molecule has 1 aliphatic heterocycles. The van der Waals surface area contributed by atoms with Crippen LogP contribution in [-0.4, -0.2) is 70.0 Å². The van der Waals surface area contributed by atoms with Gasteiger partial charge in [0.15, 0.2) is 11.6 Å². The highest BCUT2D eigenvalue weighted by molar-refractivity contribution is 5.64. The lowest BCUT2D eigenvalue weighted by atomic mass is 10.1. The Morgan fingerprint density at radius 2 is 1.94 bits per heavy atom. The molecule has 0 aromatic carbocycles. The van der Waals surface area contributed by atoms with Gasteiger partial charge in [0.1, 0.15) is 5.82 Å². The lowest BCUT2D eigenvalue weighted by Crippen LogP contribution is -2.49. The number of pyridine rings is 1. The molecule has 5 aliphatic rings. The summed E-state index contributed by atoms with van der Waals surface area (Å²) in [4.78, 5) is 13.9. The van der Waals surface area contributed by atoms with Crippen LogP contribution in [0, 0.1) is 23.7 Å². The second-order valence-corrected chi connectivity index (χ2v) is 10.9. The molecule has 2 aromatic rings. The number of nitrogens with zero attached hydrogens (tertiary/aromatic N) is 5. The van der Waals surface area contributed by atoms with Gasteiger partial charge in [-0.1, -0.05) is 13.8 Å². The maximum Gasteiger partial charge on any atom is 0.573 e. The van der Waals surface area contributed by atoms with Gasteiger partial charge < -0.3 is 19.9 Å². The maximum atomic E-state index is 12.8. The summed E-state index contributed by atoms with van der Waals surface area (Å²) in [5, 5.41) is 0. The molecule has 5 fully saturated rings. The van der Waals surface area contributed by atoms with Crippen molar-refractivity contribution >= 4 is 5.82 Å². The number of halogens is 3. The van der Waals surface area contributed by atoms with Crippen LogP contribution in [0.1, 0.15) is 26.1 Å². The van der Waals surface area contributed by atoms with Crippen LogP contribution in [0.5, 0.6) is 5.75 Å². The van der Waals surface area contributed by atoms with Gasteiger partial charge in [0.05, 0.1) is 11.2 Å². The van der Waals surface area contributed by atoms with Crippen LogP contribution in [0.2, 0.25) is 0 Å².